The lowest BCUT2D eigenvalue weighted by molar-refractivity contribution is -0.143. The highest BCUT2D eigenvalue weighted by Gasteiger charge is 2.11. The summed E-state index contributed by atoms with van der Waals surface area (Å²) in [4.78, 5) is 32.2. The summed E-state index contributed by atoms with van der Waals surface area (Å²) in [5, 5.41) is 3.24. The molecule has 26 heavy (non-hydrogen) atoms. The van der Waals surface area contributed by atoms with E-state index in [0.717, 1.165) is 9.86 Å². The Balaban J connectivity index is 1.54. The lowest BCUT2D eigenvalue weighted by atomic mass is 10.2. The Bertz CT molecular complexity index is 960. The van der Waals surface area contributed by atoms with Crippen LogP contribution in [-0.4, -0.2) is 28.4 Å². The Hall–Kier alpha value is -3.00. The largest absolute Gasteiger partial charge is 0.456 e. The number of hydrogen-bond donors (Lipinski definition) is 2. The molecule has 3 rings (SSSR count). The van der Waals surface area contributed by atoms with Gasteiger partial charge in [0.2, 0.25) is 0 Å². The van der Waals surface area contributed by atoms with Gasteiger partial charge in [0, 0.05) is 15.4 Å². The van der Waals surface area contributed by atoms with Crippen LogP contribution in [0.15, 0.2) is 53.0 Å². The zero-order valence-corrected chi connectivity index (χ0v) is 15.2. The topological polar surface area (TPSA) is 107 Å². The maximum Gasteiger partial charge on any atom is 0.325 e. The zero-order chi connectivity index (χ0) is 18.5. The number of fused-ring (bicyclic) bond motifs is 1. The van der Waals surface area contributed by atoms with Crippen molar-refractivity contribution < 1.29 is 14.3 Å². The predicted octanol–water partition coefficient (Wildman–Crippen LogP) is 2.45. The number of nitrogens with two attached hydrogens (primary N) is 1. The van der Waals surface area contributed by atoms with Crippen LogP contribution in [0.4, 0.5) is 5.82 Å². The van der Waals surface area contributed by atoms with E-state index in [1.54, 1.807) is 30.3 Å². The molecule has 0 saturated carbocycles. The summed E-state index contributed by atoms with van der Waals surface area (Å²) in [5.74, 6) is -0.328. The van der Waals surface area contributed by atoms with Crippen LogP contribution >= 0.6 is 15.9 Å². The summed E-state index contributed by atoms with van der Waals surface area (Å²) in [6, 6.07) is 14.1. The smallest absolute Gasteiger partial charge is 0.325 e. The Morgan fingerprint density at radius 1 is 1.08 bits per heavy atom. The molecule has 3 N–H and O–H groups in total. The molecule has 0 aliphatic heterocycles. The molecule has 0 fully saturated rings. The number of anilines is 1. The second-order valence-corrected chi connectivity index (χ2v) is 6.31. The van der Waals surface area contributed by atoms with Gasteiger partial charge >= 0.3 is 5.97 Å². The predicted molar refractivity (Wildman–Crippen MR) is 100 cm³/mol. The van der Waals surface area contributed by atoms with Crippen molar-refractivity contribution in [1.29, 1.82) is 0 Å². The molecule has 0 spiro atoms. The van der Waals surface area contributed by atoms with Crippen molar-refractivity contribution in [3.8, 4) is 0 Å². The molecule has 0 radical (unpaired) electrons. The summed E-state index contributed by atoms with van der Waals surface area (Å²) >= 11 is 3.29. The SMILES string of the molecule is Nc1nc(COC(=O)CNC(=O)c2ccc(Br)cc2)nc2ccccc12. The van der Waals surface area contributed by atoms with E-state index in [-0.39, 0.29) is 19.1 Å². The van der Waals surface area contributed by atoms with E-state index in [4.69, 9.17) is 10.5 Å². The highest BCUT2D eigenvalue weighted by molar-refractivity contribution is 9.10. The van der Waals surface area contributed by atoms with Crippen LogP contribution in [0.25, 0.3) is 10.9 Å². The van der Waals surface area contributed by atoms with Crippen LogP contribution in [0.3, 0.4) is 0 Å². The van der Waals surface area contributed by atoms with Crippen molar-refractivity contribution in [1.82, 2.24) is 15.3 Å². The average Bonchev–Trinajstić information content (AvgIpc) is 2.65. The van der Waals surface area contributed by atoms with Crippen molar-refractivity contribution in [3.05, 3.63) is 64.4 Å². The number of esters is 1. The number of halogens is 1. The average molecular weight is 415 g/mol. The lowest BCUT2D eigenvalue weighted by Gasteiger charge is -2.08. The molecule has 1 aromatic heterocycles. The summed E-state index contributed by atoms with van der Waals surface area (Å²) < 4.78 is 5.96. The maximum atomic E-state index is 12.0. The minimum atomic E-state index is -0.592. The van der Waals surface area contributed by atoms with Gasteiger partial charge in [-0.2, -0.15) is 0 Å². The first-order valence-electron chi connectivity index (χ1n) is 7.73. The third kappa shape index (κ3) is 4.34. The fourth-order valence-electron chi connectivity index (χ4n) is 2.27. The summed E-state index contributed by atoms with van der Waals surface area (Å²) in [6.45, 7) is -0.375. The molecule has 7 nitrogen and oxygen atoms in total. The van der Waals surface area contributed by atoms with Crippen molar-refractivity contribution in [3.63, 3.8) is 0 Å². The summed E-state index contributed by atoms with van der Waals surface area (Å²) in [7, 11) is 0. The van der Waals surface area contributed by atoms with E-state index in [9.17, 15) is 9.59 Å². The number of aromatic nitrogens is 2. The van der Waals surface area contributed by atoms with Gasteiger partial charge in [-0.05, 0) is 36.4 Å². The molecule has 1 amide bonds. The Kier molecular flexibility index (Phi) is 5.43. The van der Waals surface area contributed by atoms with Crippen LogP contribution in [0.5, 0.6) is 0 Å². The number of ether oxygens (including phenoxy) is 1. The van der Waals surface area contributed by atoms with Gasteiger partial charge in [0.1, 0.15) is 12.4 Å². The van der Waals surface area contributed by atoms with Crippen LogP contribution in [-0.2, 0) is 16.1 Å². The normalized spacial score (nSPS) is 10.5. The molecule has 0 bridgehead atoms. The fraction of sp³-hybridized carbons (Fsp3) is 0.111. The summed E-state index contributed by atoms with van der Waals surface area (Å²) in [6.07, 6.45) is 0. The number of nitrogens with one attached hydrogen (secondary N) is 1. The first kappa shape index (κ1) is 17.8. The number of nitrogens with zero attached hydrogens (tertiary/aromatic N) is 2. The molecule has 1 heterocycles. The van der Waals surface area contributed by atoms with Crippen molar-refractivity contribution in [2.24, 2.45) is 0 Å². The van der Waals surface area contributed by atoms with E-state index in [1.807, 2.05) is 18.2 Å². The number of benzene rings is 2. The van der Waals surface area contributed by atoms with Gasteiger partial charge in [0.15, 0.2) is 12.4 Å². The van der Waals surface area contributed by atoms with Gasteiger partial charge in [-0.3, -0.25) is 9.59 Å². The first-order valence-corrected chi connectivity index (χ1v) is 8.53. The van der Waals surface area contributed by atoms with Gasteiger partial charge in [-0.25, -0.2) is 9.97 Å². The molecule has 0 unspecified atom stereocenters. The highest BCUT2D eigenvalue weighted by atomic mass is 79.9. The van der Waals surface area contributed by atoms with E-state index >= 15 is 0 Å². The van der Waals surface area contributed by atoms with Crippen LogP contribution in [0.2, 0.25) is 0 Å². The van der Waals surface area contributed by atoms with E-state index in [1.165, 1.54) is 0 Å². The molecule has 2 aromatic carbocycles. The molecule has 0 atom stereocenters. The molecule has 0 aliphatic rings. The fourth-order valence-corrected chi connectivity index (χ4v) is 2.53. The van der Waals surface area contributed by atoms with Gasteiger partial charge in [-0.15, -0.1) is 0 Å². The van der Waals surface area contributed by atoms with E-state index < -0.39 is 5.97 Å². The Labute approximate surface area is 157 Å². The quantitative estimate of drug-likeness (QED) is 0.620. The number of amides is 1. The molecule has 8 heteroatoms. The van der Waals surface area contributed by atoms with Gasteiger partial charge in [-0.1, -0.05) is 28.1 Å². The van der Waals surface area contributed by atoms with Crippen molar-refractivity contribution in [2.45, 2.75) is 6.61 Å². The minimum Gasteiger partial charge on any atom is -0.456 e. The minimum absolute atomic E-state index is 0.123. The number of rotatable bonds is 5. The molecule has 132 valence electrons. The molecular weight excluding hydrogens is 400 g/mol. The van der Waals surface area contributed by atoms with Gasteiger partial charge in [0.05, 0.1) is 5.52 Å². The van der Waals surface area contributed by atoms with Crippen LogP contribution in [0, 0.1) is 0 Å². The Morgan fingerprint density at radius 3 is 2.58 bits per heavy atom. The third-order valence-electron chi connectivity index (χ3n) is 3.54. The number of para-hydroxylation sites is 1. The monoisotopic (exact) mass is 414 g/mol. The number of carbonyl (C=O) groups is 2. The second kappa shape index (κ2) is 7.92. The Morgan fingerprint density at radius 2 is 1.81 bits per heavy atom. The van der Waals surface area contributed by atoms with Crippen molar-refractivity contribution >= 4 is 44.5 Å². The van der Waals surface area contributed by atoms with Gasteiger partial charge in [0.25, 0.3) is 5.91 Å². The molecule has 0 aliphatic carbocycles. The van der Waals surface area contributed by atoms with Crippen molar-refractivity contribution in [2.75, 3.05) is 12.3 Å². The third-order valence-corrected chi connectivity index (χ3v) is 4.07. The number of nitrogen functional groups attached to an aromatic ring is 1. The molecule has 0 saturated heterocycles. The van der Waals surface area contributed by atoms with Gasteiger partial charge < -0.3 is 15.8 Å². The zero-order valence-electron chi connectivity index (χ0n) is 13.6. The lowest BCUT2D eigenvalue weighted by Crippen LogP contribution is -2.30. The highest BCUT2D eigenvalue weighted by Crippen LogP contribution is 2.17. The number of carbonyl (C=O) groups excluding carboxylic acids is 2. The molecule has 3 aromatic rings. The first-order chi connectivity index (χ1) is 12.5. The summed E-state index contributed by atoms with van der Waals surface area (Å²) in [5.41, 5.74) is 7.01. The number of hydrogen-bond acceptors (Lipinski definition) is 6. The van der Waals surface area contributed by atoms with Crippen LogP contribution in [0.1, 0.15) is 16.2 Å². The molecular formula is C18H15BrN4O3. The van der Waals surface area contributed by atoms with E-state index in [0.29, 0.717) is 22.7 Å². The second-order valence-electron chi connectivity index (χ2n) is 5.39. The standard InChI is InChI=1S/C18H15BrN4O3/c19-12-7-5-11(6-8-12)18(25)21-9-16(24)26-10-15-22-14-4-2-1-3-13(14)17(20)23-15/h1-8H,9-10H2,(H,21,25)(H2,20,22,23). The maximum absolute atomic E-state index is 12.0. The van der Waals surface area contributed by atoms with Crippen LogP contribution < -0.4 is 11.1 Å². The van der Waals surface area contributed by atoms with E-state index in [2.05, 4.69) is 31.2 Å².